The van der Waals surface area contributed by atoms with Crippen LogP contribution in [0.3, 0.4) is 0 Å². The van der Waals surface area contributed by atoms with Crippen LogP contribution in [-0.2, 0) is 0 Å². The Morgan fingerprint density at radius 1 is 0.281 bits per heavy atom. The molecule has 0 radical (unpaired) electrons. The molecule has 154 valence electrons. The fraction of sp³-hybridized carbons (Fsp3) is 0.0625. The van der Waals surface area contributed by atoms with Gasteiger partial charge < -0.3 is 0 Å². The molecule has 0 heteroatoms. The summed E-state index contributed by atoms with van der Waals surface area (Å²) in [5.41, 5.74) is 12.5. The van der Waals surface area contributed by atoms with Crippen LogP contribution in [0, 0.1) is 13.8 Å². The molecule has 0 amide bonds. The molecule has 0 heterocycles. The van der Waals surface area contributed by atoms with Gasteiger partial charge in [0.15, 0.2) is 0 Å². The predicted octanol–water partition coefficient (Wildman–Crippen LogP) is 8.97. The van der Waals surface area contributed by atoms with Crippen LogP contribution in [-0.4, -0.2) is 0 Å². The Morgan fingerprint density at radius 2 is 0.500 bits per heavy atom. The lowest BCUT2D eigenvalue weighted by molar-refractivity contribution is 1.46. The smallest absolute Gasteiger partial charge is 0.0178 e. The van der Waals surface area contributed by atoms with E-state index in [9.17, 15) is 0 Å². The standard InChI is InChI=1S/C32H26/c1-23-8-3-10-25(18-23)27-12-5-14-29(20-27)31-16-7-17-32(22-31)30-15-6-13-28(21-30)26-11-4-9-24(2)19-26/h3-22H,1-2H3. The van der Waals surface area contributed by atoms with E-state index in [-0.39, 0.29) is 0 Å². The summed E-state index contributed by atoms with van der Waals surface area (Å²) in [6.45, 7) is 4.28. The van der Waals surface area contributed by atoms with Crippen molar-refractivity contribution in [2.45, 2.75) is 13.8 Å². The summed E-state index contributed by atoms with van der Waals surface area (Å²) in [5.74, 6) is 0. The second kappa shape index (κ2) is 8.69. The first-order valence-electron chi connectivity index (χ1n) is 11.1. The van der Waals surface area contributed by atoms with E-state index >= 15 is 0 Å². The summed E-state index contributed by atoms with van der Waals surface area (Å²) in [6.07, 6.45) is 0. The van der Waals surface area contributed by atoms with E-state index in [0.717, 1.165) is 0 Å². The van der Waals surface area contributed by atoms with Crippen LogP contribution in [0.25, 0.3) is 44.5 Å². The molecule has 0 unspecified atom stereocenters. The van der Waals surface area contributed by atoms with Gasteiger partial charge >= 0.3 is 0 Å². The van der Waals surface area contributed by atoms with Crippen LogP contribution in [0.4, 0.5) is 0 Å². The maximum absolute atomic E-state index is 2.30. The van der Waals surface area contributed by atoms with Crippen molar-refractivity contribution in [1.29, 1.82) is 0 Å². The average molecular weight is 411 g/mol. The molecule has 5 rings (SSSR count). The topological polar surface area (TPSA) is 0 Å². The van der Waals surface area contributed by atoms with Crippen LogP contribution in [0.15, 0.2) is 121 Å². The third-order valence-electron chi connectivity index (χ3n) is 5.96. The van der Waals surface area contributed by atoms with E-state index in [1.165, 1.54) is 55.6 Å². The fourth-order valence-electron chi connectivity index (χ4n) is 4.28. The molecular weight excluding hydrogens is 384 g/mol. The van der Waals surface area contributed by atoms with Crippen molar-refractivity contribution in [2.75, 3.05) is 0 Å². The highest BCUT2D eigenvalue weighted by atomic mass is 14.1. The molecular formula is C32H26. The van der Waals surface area contributed by atoms with E-state index in [0.29, 0.717) is 0 Å². The molecule has 0 aliphatic rings. The van der Waals surface area contributed by atoms with Gasteiger partial charge in [0, 0.05) is 0 Å². The van der Waals surface area contributed by atoms with E-state index in [4.69, 9.17) is 0 Å². The monoisotopic (exact) mass is 410 g/mol. The predicted molar refractivity (Wildman–Crippen MR) is 138 cm³/mol. The minimum Gasteiger partial charge on any atom is -0.0614 e. The largest absolute Gasteiger partial charge is 0.0614 e. The Balaban J connectivity index is 1.51. The minimum atomic E-state index is 1.23. The number of hydrogen-bond acceptors (Lipinski definition) is 0. The van der Waals surface area contributed by atoms with Gasteiger partial charge in [-0.15, -0.1) is 0 Å². The molecule has 32 heavy (non-hydrogen) atoms. The molecule has 0 bridgehead atoms. The van der Waals surface area contributed by atoms with Crippen molar-refractivity contribution in [1.82, 2.24) is 0 Å². The lowest BCUT2D eigenvalue weighted by atomic mass is 9.94. The second-order valence-corrected chi connectivity index (χ2v) is 8.48. The van der Waals surface area contributed by atoms with Crippen LogP contribution in [0.1, 0.15) is 11.1 Å². The first-order valence-corrected chi connectivity index (χ1v) is 11.1. The highest BCUT2D eigenvalue weighted by Gasteiger charge is 2.06. The Bertz CT molecular complexity index is 1290. The zero-order valence-corrected chi connectivity index (χ0v) is 18.5. The first-order chi connectivity index (χ1) is 15.7. The van der Waals surface area contributed by atoms with Gasteiger partial charge in [0.05, 0.1) is 0 Å². The zero-order valence-electron chi connectivity index (χ0n) is 18.5. The summed E-state index contributed by atoms with van der Waals surface area (Å²) in [4.78, 5) is 0. The number of hydrogen-bond donors (Lipinski definition) is 0. The average Bonchev–Trinajstić information content (AvgIpc) is 2.84. The van der Waals surface area contributed by atoms with Crippen molar-refractivity contribution >= 4 is 0 Å². The van der Waals surface area contributed by atoms with Gasteiger partial charge in [-0.2, -0.15) is 0 Å². The molecule has 5 aromatic rings. The second-order valence-electron chi connectivity index (χ2n) is 8.48. The van der Waals surface area contributed by atoms with Crippen molar-refractivity contribution in [2.24, 2.45) is 0 Å². The maximum atomic E-state index is 2.30. The Morgan fingerprint density at radius 3 is 0.750 bits per heavy atom. The summed E-state index contributed by atoms with van der Waals surface area (Å²) in [6, 6.07) is 43.9. The van der Waals surface area contributed by atoms with Crippen LogP contribution in [0.5, 0.6) is 0 Å². The van der Waals surface area contributed by atoms with E-state index < -0.39 is 0 Å². The van der Waals surface area contributed by atoms with Gasteiger partial charge in [-0.05, 0) is 76.6 Å². The highest BCUT2D eigenvalue weighted by Crippen LogP contribution is 2.31. The quantitative estimate of drug-likeness (QED) is 0.277. The van der Waals surface area contributed by atoms with E-state index in [2.05, 4.69) is 135 Å². The lowest BCUT2D eigenvalue weighted by Gasteiger charge is -2.10. The van der Waals surface area contributed by atoms with Crippen molar-refractivity contribution < 1.29 is 0 Å². The molecule has 0 atom stereocenters. The summed E-state index contributed by atoms with van der Waals surface area (Å²) < 4.78 is 0. The van der Waals surface area contributed by atoms with Gasteiger partial charge in [0.1, 0.15) is 0 Å². The third-order valence-corrected chi connectivity index (χ3v) is 5.96. The third kappa shape index (κ3) is 4.26. The molecule has 0 N–H and O–H groups in total. The number of benzene rings is 5. The van der Waals surface area contributed by atoms with Gasteiger partial charge in [-0.25, -0.2) is 0 Å². The molecule has 0 saturated carbocycles. The van der Waals surface area contributed by atoms with Crippen LogP contribution in [0.2, 0.25) is 0 Å². The van der Waals surface area contributed by atoms with Gasteiger partial charge in [0.25, 0.3) is 0 Å². The molecule has 0 fully saturated rings. The molecule has 0 nitrogen and oxygen atoms in total. The minimum absolute atomic E-state index is 1.23. The van der Waals surface area contributed by atoms with Crippen molar-refractivity contribution in [3.63, 3.8) is 0 Å². The fourth-order valence-corrected chi connectivity index (χ4v) is 4.28. The van der Waals surface area contributed by atoms with Gasteiger partial charge in [0.2, 0.25) is 0 Å². The maximum Gasteiger partial charge on any atom is -0.0178 e. The van der Waals surface area contributed by atoms with Crippen LogP contribution >= 0.6 is 0 Å². The normalized spacial score (nSPS) is 10.8. The first kappa shape index (κ1) is 20.0. The summed E-state index contributed by atoms with van der Waals surface area (Å²) in [7, 11) is 0. The SMILES string of the molecule is Cc1cccc(-c2cccc(-c3cccc(-c4cccc(-c5cccc(C)c5)c4)c3)c2)c1. The molecule has 5 aromatic carbocycles. The van der Waals surface area contributed by atoms with E-state index in [1.54, 1.807) is 0 Å². The van der Waals surface area contributed by atoms with Gasteiger partial charge in [-0.3, -0.25) is 0 Å². The van der Waals surface area contributed by atoms with Gasteiger partial charge in [-0.1, -0.05) is 114 Å². The molecule has 0 aromatic heterocycles. The molecule has 0 aliphatic carbocycles. The Labute approximate surface area is 190 Å². The number of aryl methyl sites for hydroxylation is 2. The van der Waals surface area contributed by atoms with Crippen molar-refractivity contribution in [3.05, 3.63) is 132 Å². The summed E-state index contributed by atoms with van der Waals surface area (Å²) in [5, 5.41) is 0. The van der Waals surface area contributed by atoms with Crippen LogP contribution < -0.4 is 0 Å². The Kier molecular flexibility index (Phi) is 5.44. The molecule has 0 spiro atoms. The summed E-state index contributed by atoms with van der Waals surface area (Å²) >= 11 is 0. The highest BCUT2D eigenvalue weighted by molar-refractivity contribution is 5.79. The Hall–Kier alpha value is -3.90. The zero-order chi connectivity index (χ0) is 21.9. The number of rotatable bonds is 4. The van der Waals surface area contributed by atoms with Crippen molar-refractivity contribution in [3.8, 4) is 44.5 Å². The molecule has 0 aliphatic heterocycles. The lowest BCUT2D eigenvalue weighted by Crippen LogP contribution is -1.85. The van der Waals surface area contributed by atoms with E-state index in [1.807, 2.05) is 0 Å². The molecule has 0 saturated heterocycles.